The zero-order chi connectivity index (χ0) is 18.2. The molecule has 0 radical (unpaired) electrons. The minimum absolute atomic E-state index is 0.0371. The number of likely N-dealkylation sites (tertiary alicyclic amines) is 1. The summed E-state index contributed by atoms with van der Waals surface area (Å²) < 4.78 is 5.63. The van der Waals surface area contributed by atoms with Crippen LogP contribution in [0.15, 0.2) is 18.2 Å². The number of benzene rings is 1. The first-order valence-corrected chi connectivity index (χ1v) is 10.1. The molecule has 6 heteroatoms. The molecule has 0 aromatic heterocycles. The predicted molar refractivity (Wildman–Crippen MR) is 102 cm³/mol. The van der Waals surface area contributed by atoms with Crippen LogP contribution < -0.4 is 10.1 Å². The van der Waals surface area contributed by atoms with Crippen LogP contribution in [0, 0.1) is 19.8 Å². The van der Waals surface area contributed by atoms with E-state index in [1.54, 1.807) is 11.8 Å². The Labute approximate surface area is 154 Å². The second-order valence-electron chi connectivity index (χ2n) is 6.55. The normalized spacial score (nSPS) is 15.1. The average Bonchev–Trinajstić information content (AvgIpc) is 2.62. The summed E-state index contributed by atoms with van der Waals surface area (Å²) in [6, 6.07) is 5.84. The average molecular weight is 365 g/mol. The molecule has 1 saturated heterocycles. The molecule has 5 nitrogen and oxygen atoms in total. The molecule has 2 amide bonds. The van der Waals surface area contributed by atoms with Crippen LogP contribution in [-0.2, 0) is 9.59 Å². The van der Waals surface area contributed by atoms with Crippen LogP contribution in [0.2, 0.25) is 0 Å². The number of amides is 2. The van der Waals surface area contributed by atoms with Gasteiger partial charge in [0.05, 0.1) is 5.75 Å². The lowest BCUT2D eigenvalue weighted by Gasteiger charge is -2.32. The van der Waals surface area contributed by atoms with Gasteiger partial charge in [-0.05, 0) is 56.1 Å². The molecule has 2 rings (SSSR count). The molecule has 0 spiro atoms. The van der Waals surface area contributed by atoms with Crippen LogP contribution in [-0.4, -0.2) is 55.0 Å². The van der Waals surface area contributed by atoms with E-state index in [2.05, 4.69) is 5.32 Å². The third kappa shape index (κ3) is 5.96. The second kappa shape index (κ2) is 9.70. The maximum absolute atomic E-state index is 12.0. The fourth-order valence-electron chi connectivity index (χ4n) is 2.93. The van der Waals surface area contributed by atoms with Gasteiger partial charge in [0, 0.05) is 19.6 Å². The Morgan fingerprint density at radius 2 is 2.00 bits per heavy atom. The minimum Gasteiger partial charge on any atom is -0.483 e. The Bertz CT molecular complexity index is 598. The summed E-state index contributed by atoms with van der Waals surface area (Å²) in [5.74, 6) is 1.87. The van der Waals surface area contributed by atoms with E-state index in [0.29, 0.717) is 18.2 Å². The number of thioether (sulfide) groups is 1. The van der Waals surface area contributed by atoms with Crippen molar-refractivity contribution < 1.29 is 14.3 Å². The van der Waals surface area contributed by atoms with Crippen LogP contribution in [0.1, 0.15) is 24.0 Å². The third-order valence-electron chi connectivity index (χ3n) is 4.74. The van der Waals surface area contributed by atoms with E-state index in [1.807, 2.05) is 43.2 Å². The first-order valence-electron chi connectivity index (χ1n) is 8.73. The molecule has 1 fully saturated rings. The van der Waals surface area contributed by atoms with Crippen LogP contribution in [0.4, 0.5) is 0 Å². The van der Waals surface area contributed by atoms with Gasteiger partial charge in [-0.2, -0.15) is 11.8 Å². The van der Waals surface area contributed by atoms with Crippen molar-refractivity contribution in [3.63, 3.8) is 0 Å². The molecule has 1 aromatic carbocycles. The molecular formula is C19H28N2O3S. The maximum Gasteiger partial charge on any atom is 0.257 e. The molecule has 0 atom stereocenters. The maximum atomic E-state index is 12.0. The van der Waals surface area contributed by atoms with E-state index in [1.165, 1.54) is 0 Å². The van der Waals surface area contributed by atoms with Crippen LogP contribution in [0.5, 0.6) is 5.75 Å². The van der Waals surface area contributed by atoms with Crippen molar-refractivity contribution in [2.45, 2.75) is 26.7 Å². The van der Waals surface area contributed by atoms with Gasteiger partial charge in [-0.15, -0.1) is 0 Å². The number of aryl methyl sites for hydroxylation is 1. The molecule has 1 aromatic rings. The van der Waals surface area contributed by atoms with Gasteiger partial charge in [0.1, 0.15) is 5.75 Å². The lowest BCUT2D eigenvalue weighted by molar-refractivity contribution is -0.130. The second-order valence-corrected chi connectivity index (χ2v) is 7.41. The SMILES string of the molecule is CSCC(=O)N1CCC(CNC(=O)COc2cccc(C)c2C)CC1. The summed E-state index contributed by atoms with van der Waals surface area (Å²) in [5, 5.41) is 2.95. The van der Waals surface area contributed by atoms with Crippen molar-refractivity contribution in [2.75, 3.05) is 38.2 Å². The van der Waals surface area contributed by atoms with Gasteiger partial charge in [0.15, 0.2) is 6.61 Å². The van der Waals surface area contributed by atoms with Gasteiger partial charge >= 0.3 is 0 Å². The van der Waals surface area contributed by atoms with Crippen molar-refractivity contribution in [1.29, 1.82) is 0 Å². The zero-order valence-electron chi connectivity index (χ0n) is 15.3. The highest BCUT2D eigenvalue weighted by atomic mass is 32.2. The molecule has 0 aliphatic carbocycles. The van der Waals surface area contributed by atoms with E-state index in [9.17, 15) is 9.59 Å². The molecule has 1 heterocycles. The summed E-state index contributed by atoms with van der Waals surface area (Å²) in [4.78, 5) is 25.8. The van der Waals surface area contributed by atoms with E-state index in [4.69, 9.17) is 4.74 Å². The van der Waals surface area contributed by atoms with Crippen molar-refractivity contribution in [3.8, 4) is 5.75 Å². The summed E-state index contributed by atoms with van der Waals surface area (Å²) in [5.41, 5.74) is 2.22. The summed E-state index contributed by atoms with van der Waals surface area (Å²) in [6.07, 6.45) is 3.83. The fraction of sp³-hybridized carbons (Fsp3) is 0.579. The summed E-state index contributed by atoms with van der Waals surface area (Å²) in [7, 11) is 0. The Morgan fingerprint density at radius 3 is 2.68 bits per heavy atom. The molecule has 1 aliphatic rings. The molecule has 138 valence electrons. The van der Waals surface area contributed by atoms with Crippen molar-refractivity contribution in [3.05, 3.63) is 29.3 Å². The molecule has 25 heavy (non-hydrogen) atoms. The van der Waals surface area contributed by atoms with E-state index in [0.717, 1.165) is 42.8 Å². The first-order chi connectivity index (χ1) is 12.0. The van der Waals surface area contributed by atoms with Gasteiger partial charge in [0.2, 0.25) is 5.91 Å². The smallest absolute Gasteiger partial charge is 0.257 e. The van der Waals surface area contributed by atoms with E-state index >= 15 is 0 Å². The van der Waals surface area contributed by atoms with Crippen molar-refractivity contribution in [1.82, 2.24) is 10.2 Å². The highest BCUT2D eigenvalue weighted by molar-refractivity contribution is 7.99. The Morgan fingerprint density at radius 1 is 1.28 bits per heavy atom. The molecule has 0 unspecified atom stereocenters. The Balaban J connectivity index is 1.67. The monoisotopic (exact) mass is 364 g/mol. The molecule has 1 N–H and O–H groups in total. The molecule has 0 bridgehead atoms. The topological polar surface area (TPSA) is 58.6 Å². The highest BCUT2D eigenvalue weighted by Gasteiger charge is 2.22. The van der Waals surface area contributed by atoms with Gasteiger partial charge in [-0.1, -0.05) is 12.1 Å². The van der Waals surface area contributed by atoms with Gasteiger partial charge in [-0.25, -0.2) is 0 Å². The van der Waals surface area contributed by atoms with Gasteiger partial charge in [-0.3, -0.25) is 9.59 Å². The lowest BCUT2D eigenvalue weighted by atomic mass is 9.97. The van der Waals surface area contributed by atoms with E-state index in [-0.39, 0.29) is 18.4 Å². The quantitative estimate of drug-likeness (QED) is 0.807. The zero-order valence-corrected chi connectivity index (χ0v) is 16.2. The standard InChI is InChI=1S/C19H28N2O3S/c1-14-5-4-6-17(15(14)2)24-12-18(22)20-11-16-7-9-21(10-8-16)19(23)13-25-3/h4-6,16H,7-13H2,1-3H3,(H,20,22). The largest absolute Gasteiger partial charge is 0.483 e. The first kappa shape index (κ1) is 19.6. The van der Waals surface area contributed by atoms with Crippen LogP contribution in [0.25, 0.3) is 0 Å². The molecule has 0 saturated carbocycles. The molecular weight excluding hydrogens is 336 g/mol. The number of carbonyl (C=O) groups is 2. The van der Waals surface area contributed by atoms with Gasteiger partial charge < -0.3 is 15.0 Å². The number of ether oxygens (including phenoxy) is 1. The summed E-state index contributed by atoms with van der Waals surface area (Å²) >= 11 is 1.56. The Hall–Kier alpha value is -1.69. The predicted octanol–water partition coefficient (Wildman–Crippen LogP) is 2.40. The van der Waals surface area contributed by atoms with Crippen LogP contribution >= 0.6 is 11.8 Å². The number of rotatable bonds is 7. The number of piperidine rings is 1. The van der Waals surface area contributed by atoms with Gasteiger partial charge in [0.25, 0.3) is 5.91 Å². The number of carbonyl (C=O) groups excluding carboxylic acids is 2. The number of nitrogens with one attached hydrogen (secondary N) is 1. The number of nitrogens with zero attached hydrogens (tertiary/aromatic N) is 1. The highest BCUT2D eigenvalue weighted by Crippen LogP contribution is 2.20. The van der Waals surface area contributed by atoms with Crippen LogP contribution in [0.3, 0.4) is 0 Å². The Kier molecular flexibility index (Phi) is 7.62. The summed E-state index contributed by atoms with van der Waals surface area (Å²) in [6.45, 7) is 6.29. The number of hydrogen-bond donors (Lipinski definition) is 1. The van der Waals surface area contributed by atoms with E-state index < -0.39 is 0 Å². The number of hydrogen-bond acceptors (Lipinski definition) is 4. The molecule has 1 aliphatic heterocycles. The third-order valence-corrected chi connectivity index (χ3v) is 5.27. The lowest BCUT2D eigenvalue weighted by Crippen LogP contribution is -2.42. The van der Waals surface area contributed by atoms with Crippen molar-refractivity contribution >= 4 is 23.6 Å². The minimum atomic E-state index is -0.0956. The fourth-order valence-corrected chi connectivity index (χ4v) is 3.36. The van der Waals surface area contributed by atoms with Crippen molar-refractivity contribution in [2.24, 2.45) is 5.92 Å².